The normalized spacial score (nSPS) is 11.2. The molecule has 2 aromatic carbocycles. The molecule has 112 valence electrons. The van der Waals surface area contributed by atoms with Crippen LogP contribution in [0.2, 0.25) is 0 Å². The van der Waals surface area contributed by atoms with Crippen LogP contribution in [0.3, 0.4) is 0 Å². The molecule has 2 rings (SSSR count). The van der Waals surface area contributed by atoms with Gasteiger partial charge < -0.3 is 10.6 Å². The fraction of sp³-hybridized carbons (Fsp3) is 0.200. The number of rotatable bonds is 5. The van der Waals surface area contributed by atoms with Crippen molar-refractivity contribution in [3.8, 4) is 0 Å². The van der Waals surface area contributed by atoms with E-state index in [0.717, 1.165) is 5.69 Å². The van der Waals surface area contributed by atoms with Crippen molar-refractivity contribution in [3.63, 3.8) is 0 Å². The van der Waals surface area contributed by atoms with Crippen molar-refractivity contribution >= 4 is 21.4 Å². The first-order valence-corrected chi connectivity index (χ1v) is 8.00. The molecule has 0 saturated heterocycles. The molecular formula is C15H19N3O2S. The zero-order valence-corrected chi connectivity index (χ0v) is 12.9. The first kappa shape index (κ1) is 15.3. The topological polar surface area (TPSA) is 75.4 Å². The maximum absolute atomic E-state index is 12.5. The van der Waals surface area contributed by atoms with Crippen LogP contribution in [0.25, 0.3) is 0 Å². The molecule has 0 aromatic heterocycles. The molecule has 2 aromatic rings. The Balaban J connectivity index is 2.35. The maximum atomic E-state index is 12.5. The molecule has 21 heavy (non-hydrogen) atoms. The van der Waals surface area contributed by atoms with E-state index in [4.69, 9.17) is 5.73 Å². The van der Waals surface area contributed by atoms with Crippen molar-refractivity contribution in [2.24, 2.45) is 5.73 Å². The lowest BCUT2D eigenvalue weighted by Gasteiger charge is -2.15. The Labute approximate surface area is 125 Å². The predicted molar refractivity (Wildman–Crippen MR) is 85.9 cm³/mol. The second-order valence-corrected chi connectivity index (χ2v) is 6.51. The Kier molecular flexibility index (Phi) is 4.50. The summed E-state index contributed by atoms with van der Waals surface area (Å²) in [5.41, 5.74) is 7.64. The minimum atomic E-state index is -3.65. The summed E-state index contributed by atoms with van der Waals surface area (Å²) in [7, 11) is 0.153. The third-order valence-electron chi connectivity index (χ3n) is 3.10. The van der Waals surface area contributed by atoms with Gasteiger partial charge in [-0.15, -0.1) is 0 Å². The van der Waals surface area contributed by atoms with Crippen LogP contribution in [0.5, 0.6) is 0 Å². The number of sulfonamides is 1. The van der Waals surface area contributed by atoms with E-state index >= 15 is 0 Å². The van der Waals surface area contributed by atoms with Crippen LogP contribution in [-0.4, -0.2) is 22.5 Å². The van der Waals surface area contributed by atoms with E-state index in [1.54, 1.807) is 36.4 Å². The highest BCUT2D eigenvalue weighted by Crippen LogP contribution is 2.22. The van der Waals surface area contributed by atoms with Crippen LogP contribution in [-0.2, 0) is 16.6 Å². The fourth-order valence-corrected chi connectivity index (χ4v) is 3.29. The van der Waals surface area contributed by atoms with Gasteiger partial charge in [0, 0.05) is 26.3 Å². The quantitative estimate of drug-likeness (QED) is 0.886. The van der Waals surface area contributed by atoms with Gasteiger partial charge in [-0.25, -0.2) is 8.42 Å². The van der Waals surface area contributed by atoms with Crippen molar-refractivity contribution in [2.75, 3.05) is 23.7 Å². The number of anilines is 2. The van der Waals surface area contributed by atoms with Gasteiger partial charge in [-0.05, 0) is 29.8 Å². The molecule has 0 radical (unpaired) electrons. The molecule has 3 N–H and O–H groups in total. The number of nitrogens with zero attached hydrogens (tertiary/aromatic N) is 1. The zero-order valence-electron chi connectivity index (χ0n) is 12.1. The number of nitrogens with one attached hydrogen (secondary N) is 1. The van der Waals surface area contributed by atoms with Crippen molar-refractivity contribution < 1.29 is 8.42 Å². The molecule has 0 bridgehead atoms. The van der Waals surface area contributed by atoms with Crippen LogP contribution >= 0.6 is 0 Å². The number of hydrogen-bond acceptors (Lipinski definition) is 4. The van der Waals surface area contributed by atoms with E-state index in [0.29, 0.717) is 11.3 Å². The smallest absolute Gasteiger partial charge is 0.262 e. The molecule has 0 amide bonds. The van der Waals surface area contributed by atoms with Crippen LogP contribution in [0.1, 0.15) is 5.56 Å². The van der Waals surface area contributed by atoms with Crippen LogP contribution < -0.4 is 15.4 Å². The molecule has 0 fully saturated rings. The van der Waals surface area contributed by atoms with Crippen LogP contribution in [0, 0.1) is 0 Å². The summed E-state index contributed by atoms with van der Waals surface area (Å²) in [6, 6.07) is 13.9. The average molecular weight is 305 g/mol. The number of benzene rings is 2. The minimum Gasteiger partial charge on any atom is -0.378 e. The lowest BCUT2D eigenvalue weighted by molar-refractivity contribution is 0.600. The molecule has 0 unspecified atom stereocenters. The van der Waals surface area contributed by atoms with Crippen LogP contribution in [0.15, 0.2) is 53.4 Å². The van der Waals surface area contributed by atoms with Gasteiger partial charge in [0.1, 0.15) is 0 Å². The first-order chi connectivity index (χ1) is 9.94. The Hall–Kier alpha value is -2.05. The maximum Gasteiger partial charge on any atom is 0.262 e. The van der Waals surface area contributed by atoms with E-state index in [2.05, 4.69) is 4.72 Å². The van der Waals surface area contributed by atoms with E-state index in [1.165, 1.54) is 0 Å². The van der Waals surface area contributed by atoms with Gasteiger partial charge in [0.15, 0.2) is 0 Å². The summed E-state index contributed by atoms with van der Waals surface area (Å²) < 4.78 is 27.6. The third kappa shape index (κ3) is 3.53. The summed E-state index contributed by atoms with van der Waals surface area (Å²) in [6.45, 7) is 0.175. The Morgan fingerprint density at radius 1 is 1.10 bits per heavy atom. The summed E-state index contributed by atoms with van der Waals surface area (Å²) in [4.78, 5) is 2.12. The Morgan fingerprint density at radius 2 is 1.81 bits per heavy atom. The van der Waals surface area contributed by atoms with Crippen LogP contribution in [0.4, 0.5) is 11.4 Å². The van der Waals surface area contributed by atoms with Crippen molar-refractivity contribution in [1.82, 2.24) is 0 Å². The highest BCUT2D eigenvalue weighted by atomic mass is 32.2. The standard InChI is InChI=1S/C15H19N3O2S/c1-18(2)14-8-5-7-13(10-14)17-21(19,20)15-9-4-3-6-12(15)11-16/h3-10,17H,11,16H2,1-2H3. The third-order valence-corrected chi connectivity index (χ3v) is 4.58. The molecule has 6 heteroatoms. The molecule has 0 saturated carbocycles. The second-order valence-electron chi connectivity index (χ2n) is 4.86. The van der Waals surface area contributed by atoms with E-state index < -0.39 is 10.0 Å². The molecule has 0 atom stereocenters. The number of nitrogens with two attached hydrogens (primary N) is 1. The van der Waals surface area contributed by atoms with E-state index in [9.17, 15) is 8.42 Å². The molecule has 0 aliphatic carbocycles. The summed E-state index contributed by atoms with van der Waals surface area (Å²) in [5, 5.41) is 0. The van der Waals surface area contributed by atoms with Gasteiger partial charge in [-0.2, -0.15) is 0 Å². The van der Waals surface area contributed by atoms with Crippen molar-refractivity contribution in [2.45, 2.75) is 11.4 Å². The summed E-state index contributed by atoms with van der Waals surface area (Å²) in [6.07, 6.45) is 0. The molecule has 0 aliphatic rings. The SMILES string of the molecule is CN(C)c1cccc(NS(=O)(=O)c2ccccc2CN)c1. The second kappa shape index (κ2) is 6.15. The van der Waals surface area contributed by atoms with Gasteiger partial charge in [-0.1, -0.05) is 24.3 Å². The molecular weight excluding hydrogens is 286 g/mol. The lowest BCUT2D eigenvalue weighted by Crippen LogP contribution is -2.16. The molecule has 0 spiro atoms. The summed E-state index contributed by atoms with van der Waals surface area (Å²) >= 11 is 0. The average Bonchev–Trinajstić information content (AvgIpc) is 2.47. The predicted octanol–water partition coefficient (Wildman–Crippen LogP) is 2.01. The van der Waals surface area contributed by atoms with Crippen molar-refractivity contribution in [3.05, 3.63) is 54.1 Å². The van der Waals surface area contributed by atoms with Gasteiger partial charge in [0.2, 0.25) is 0 Å². The highest BCUT2D eigenvalue weighted by molar-refractivity contribution is 7.92. The zero-order chi connectivity index (χ0) is 15.5. The van der Waals surface area contributed by atoms with Gasteiger partial charge in [0.05, 0.1) is 10.6 Å². The van der Waals surface area contributed by atoms with Crippen molar-refractivity contribution in [1.29, 1.82) is 0 Å². The monoisotopic (exact) mass is 305 g/mol. The Morgan fingerprint density at radius 3 is 2.48 bits per heavy atom. The van der Waals surface area contributed by atoms with Gasteiger partial charge >= 0.3 is 0 Å². The molecule has 5 nitrogen and oxygen atoms in total. The molecule has 0 heterocycles. The number of hydrogen-bond donors (Lipinski definition) is 2. The van der Waals surface area contributed by atoms with E-state index in [1.807, 2.05) is 31.1 Å². The largest absolute Gasteiger partial charge is 0.378 e. The summed E-state index contributed by atoms with van der Waals surface area (Å²) in [5.74, 6) is 0. The van der Waals surface area contributed by atoms with Gasteiger partial charge in [-0.3, -0.25) is 4.72 Å². The Bertz CT molecular complexity index is 727. The lowest BCUT2D eigenvalue weighted by atomic mass is 10.2. The first-order valence-electron chi connectivity index (χ1n) is 6.52. The molecule has 0 aliphatic heterocycles. The van der Waals surface area contributed by atoms with E-state index in [-0.39, 0.29) is 11.4 Å². The highest BCUT2D eigenvalue weighted by Gasteiger charge is 2.17. The minimum absolute atomic E-state index is 0.175. The van der Waals surface area contributed by atoms with Gasteiger partial charge in [0.25, 0.3) is 10.0 Å². The fourth-order valence-electron chi connectivity index (χ4n) is 1.99.